The van der Waals surface area contributed by atoms with E-state index in [2.05, 4.69) is 40.9 Å². The average molecular weight is 173 g/mol. The monoisotopic (exact) mass is 173 g/mol. The van der Waals surface area contributed by atoms with Crippen molar-refractivity contribution >= 4 is 0 Å². The fraction of sp³-hybridized carbons (Fsp3) is 0.182. The lowest BCUT2D eigenvalue weighted by molar-refractivity contribution is -0.677. The van der Waals surface area contributed by atoms with E-state index in [0.29, 0.717) is 0 Å². The lowest BCUT2D eigenvalue weighted by Gasteiger charge is -1.95. The number of aromatic nitrogens is 2. The summed E-state index contributed by atoms with van der Waals surface area (Å²) >= 11 is 0. The van der Waals surface area contributed by atoms with E-state index < -0.39 is 0 Å². The third kappa shape index (κ3) is 1.78. The Morgan fingerprint density at radius 2 is 2.00 bits per heavy atom. The van der Waals surface area contributed by atoms with Gasteiger partial charge in [-0.15, -0.1) is 0 Å². The molecule has 1 aromatic carbocycles. The van der Waals surface area contributed by atoms with Gasteiger partial charge in [-0.1, -0.05) is 30.3 Å². The largest absolute Gasteiger partial charge is 0.258 e. The highest BCUT2D eigenvalue weighted by atomic mass is 15.0. The van der Waals surface area contributed by atoms with Crippen LogP contribution in [-0.4, -0.2) is 4.98 Å². The van der Waals surface area contributed by atoms with Crippen molar-refractivity contribution in [2.75, 3.05) is 0 Å². The summed E-state index contributed by atoms with van der Waals surface area (Å²) in [6.07, 6.45) is 4.95. The number of nitrogens with one attached hydrogen (secondary N) is 1. The van der Waals surface area contributed by atoms with E-state index in [1.807, 2.05) is 18.5 Å². The molecule has 0 aliphatic carbocycles. The molecule has 1 heterocycles. The number of nitrogens with zero attached hydrogens (tertiary/aromatic N) is 1. The zero-order valence-corrected chi connectivity index (χ0v) is 7.70. The molecule has 0 spiro atoms. The highest BCUT2D eigenvalue weighted by Gasteiger charge is 2.06. The van der Waals surface area contributed by atoms with Gasteiger partial charge >= 0.3 is 0 Å². The zero-order valence-electron chi connectivity index (χ0n) is 7.70. The van der Waals surface area contributed by atoms with Crippen molar-refractivity contribution in [3.8, 4) is 0 Å². The number of hydrogen-bond acceptors (Lipinski definition) is 0. The second kappa shape index (κ2) is 3.44. The summed E-state index contributed by atoms with van der Waals surface area (Å²) in [5.41, 5.74) is 1.33. The molecule has 13 heavy (non-hydrogen) atoms. The van der Waals surface area contributed by atoms with Crippen LogP contribution in [0.3, 0.4) is 0 Å². The molecule has 0 aliphatic rings. The van der Waals surface area contributed by atoms with Crippen LogP contribution in [0.15, 0.2) is 42.7 Å². The van der Waals surface area contributed by atoms with E-state index in [1.165, 1.54) is 11.4 Å². The number of H-pyrrole nitrogens is 1. The SMILES string of the molecule is C[n+]1cc[nH]c1Cc1ccccc1. The van der Waals surface area contributed by atoms with Crippen molar-refractivity contribution < 1.29 is 4.57 Å². The summed E-state index contributed by atoms with van der Waals surface area (Å²) in [5.74, 6) is 1.23. The molecule has 0 saturated heterocycles. The topological polar surface area (TPSA) is 19.7 Å². The second-order valence-corrected chi connectivity index (χ2v) is 3.18. The molecule has 0 fully saturated rings. The molecule has 0 amide bonds. The summed E-state index contributed by atoms with van der Waals surface area (Å²) in [7, 11) is 2.05. The molecule has 0 bridgehead atoms. The average Bonchev–Trinajstić information content (AvgIpc) is 2.54. The Kier molecular flexibility index (Phi) is 2.13. The normalized spacial score (nSPS) is 10.2. The molecule has 1 N–H and O–H groups in total. The Balaban J connectivity index is 2.20. The Labute approximate surface area is 77.9 Å². The highest BCUT2D eigenvalue weighted by molar-refractivity contribution is 5.17. The van der Waals surface area contributed by atoms with Crippen LogP contribution in [0.2, 0.25) is 0 Å². The van der Waals surface area contributed by atoms with Crippen LogP contribution in [0.5, 0.6) is 0 Å². The lowest BCUT2D eigenvalue weighted by atomic mass is 10.1. The molecule has 0 unspecified atom stereocenters. The van der Waals surface area contributed by atoms with Crippen molar-refractivity contribution in [1.29, 1.82) is 0 Å². The number of imidazole rings is 1. The third-order valence-electron chi connectivity index (χ3n) is 2.19. The van der Waals surface area contributed by atoms with Gasteiger partial charge in [0.2, 0.25) is 0 Å². The number of aromatic amines is 1. The smallest absolute Gasteiger partial charge is 0.247 e. The quantitative estimate of drug-likeness (QED) is 0.663. The van der Waals surface area contributed by atoms with Crippen LogP contribution in [0, 0.1) is 0 Å². The zero-order chi connectivity index (χ0) is 9.10. The first kappa shape index (κ1) is 8.05. The van der Waals surface area contributed by atoms with Gasteiger partial charge in [0.1, 0.15) is 12.4 Å². The van der Waals surface area contributed by atoms with Crippen molar-refractivity contribution in [2.24, 2.45) is 7.05 Å². The summed E-state index contributed by atoms with van der Waals surface area (Å²) in [4.78, 5) is 3.22. The van der Waals surface area contributed by atoms with Crippen molar-refractivity contribution in [3.63, 3.8) is 0 Å². The molecule has 2 heteroatoms. The standard InChI is InChI=1S/C11H12N2/c1-13-8-7-12-11(13)9-10-5-3-2-4-6-10/h2-8H,9H2,1H3/p+1. The molecule has 0 saturated carbocycles. The van der Waals surface area contributed by atoms with Crippen molar-refractivity contribution in [3.05, 3.63) is 54.1 Å². The van der Waals surface area contributed by atoms with Gasteiger partial charge in [-0.2, -0.15) is 0 Å². The molecule has 0 radical (unpaired) electrons. The molecule has 2 rings (SSSR count). The van der Waals surface area contributed by atoms with Crippen molar-refractivity contribution in [2.45, 2.75) is 6.42 Å². The molecular formula is C11H13N2+. The van der Waals surface area contributed by atoms with Gasteiger partial charge in [0.25, 0.3) is 5.82 Å². The van der Waals surface area contributed by atoms with Gasteiger partial charge in [-0.25, -0.2) is 9.55 Å². The second-order valence-electron chi connectivity index (χ2n) is 3.18. The predicted octanol–water partition coefficient (Wildman–Crippen LogP) is 1.43. The van der Waals surface area contributed by atoms with Gasteiger partial charge in [-0.3, -0.25) is 0 Å². The molecule has 1 aromatic heterocycles. The molecule has 66 valence electrons. The number of aryl methyl sites for hydroxylation is 1. The van der Waals surface area contributed by atoms with Gasteiger partial charge < -0.3 is 0 Å². The molecule has 0 aliphatic heterocycles. The minimum atomic E-state index is 0.963. The maximum absolute atomic E-state index is 3.22. The molecular weight excluding hydrogens is 160 g/mol. The summed E-state index contributed by atoms with van der Waals surface area (Å²) in [5, 5.41) is 0. The molecule has 2 nitrogen and oxygen atoms in total. The fourth-order valence-electron chi connectivity index (χ4n) is 1.40. The van der Waals surface area contributed by atoms with Crippen LogP contribution in [0.25, 0.3) is 0 Å². The maximum Gasteiger partial charge on any atom is 0.258 e. The number of benzene rings is 1. The van der Waals surface area contributed by atoms with Crippen molar-refractivity contribution in [1.82, 2.24) is 4.98 Å². The third-order valence-corrected chi connectivity index (χ3v) is 2.19. The van der Waals surface area contributed by atoms with Crippen LogP contribution >= 0.6 is 0 Å². The Morgan fingerprint density at radius 3 is 2.62 bits per heavy atom. The highest BCUT2D eigenvalue weighted by Crippen LogP contribution is 2.02. The summed E-state index contributed by atoms with van der Waals surface area (Å²) in [6.45, 7) is 0. The van der Waals surface area contributed by atoms with Gasteiger partial charge in [0.05, 0.1) is 13.5 Å². The lowest BCUT2D eigenvalue weighted by Crippen LogP contribution is -2.30. The molecule has 2 aromatic rings. The Bertz CT molecular complexity index is 376. The molecule has 0 atom stereocenters. The van der Waals surface area contributed by atoms with E-state index in [9.17, 15) is 0 Å². The fourth-order valence-corrected chi connectivity index (χ4v) is 1.40. The summed E-state index contributed by atoms with van der Waals surface area (Å²) in [6, 6.07) is 10.5. The Hall–Kier alpha value is -1.57. The van der Waals surface area contributed by atoms with Gasteiger partial charge in [-0.05, 0) is 5.56 Å². The maximum atomic E-state index is 3.22. The van der Waals surface area contributed by atoms with E-state index >= 15 is 0 Å². The minimum Gasteiger partial charge on any atom is -0.247 e. The van der Waals surface area contributed by atoms with Gasteiger partial charge in [0.15, 0.2) is 0 Å². The predicted molar refractivity (Wildman–Crippen MR) is 51.2 cm³/mol. The van der Waals surface area contributed by atoms with E-state index in [4.69, 9.17) is 0 Å². The van der Waals surface area contributed by atoms with E-state index in [-0.39, 0.29) is 0 Å². The van der Waals surface area contributed by atoms with E-state index in [0.717, 1.165) is 6.42 Å². The van der Waals surface area contributed by atoms with Crippen LogP contribution in [0.1, 0.15) is 11.4 Å². The van der Waals surface area contributed by atoms with Crippen LogP contribution < -0.4 is 4.57 Å². The first-order valence-corrected chi connectivity index (χ1v) is 4.42. The first-order chi connectivity index (χ1) is 6.36. The van der Waals surface area contributed by atoms with Crippen LogP contribution in [-0.2, 0) is 13.5 Å². The minimum absolute atomic E-state index is 0.963. The van der Waals surface area contributed by atoms with Crippen LogP contribution in [0.4, 0.5) is 0 Å². The van der Waals surface area contributed by atoms with E-state index in [1.54, 1.807) is 0 Å². The van der Waals surface area contributed by atoms with Gasteiger partial charge in [0, 0.05) is 0 Å². The Morgan fingerprint density at radius 1 is 1.23 bits per heavy atom. The summed E-state index contributed by atoms with van der Waals surface area (Å²) < 4.78 is 2.10. The number of rotatable bonds is 2. The first-order valence-electron chi connectivity index (χ1n) is 4.42. The number of hydrogen-bond donors (Lipinski definition) is 1.